The average molecular weight is 298 g/mol. The van der Waals surface area contributed by atoms with Crippen molar-refractivity contribution in [3.05, 3.63) is 23.7 Å². The highest BCUT2D eigenvalue weighted by Gasteiger charge is 2.21. The van der Waals surface area contributed by atoms with E-state index in [9.17, 15) is 8.42 Å². The summed E-state index contributed by atoms with van der Waals surface area (Å²) in [6.45, 7) is 2.15. The van der Waals surface area contributed by atoms with Gasteiger partial charge in [0.15, 0.2) is 5.82 Å². The molecule has 2 heterocycles. The van der Waals surface area contributed by atoms with Crippen LogP contribution in [0.5, 0.6) is 0 Å². The Morgan fingerprint density at radius 3 is 2.45 bits per heavy atom. The number of nitrogens with two attached hydrogens (primary N) is 1. The van der Waals surface area contributed by atoms with Crippen molar-refractivity contribution < 1.29 is 8.42 Å². The topological polar surface area (TPSA) is 108 Å². The summed E-state index contributed by atoms with van der Waals surface area (Å²) in [6.07, 6.45) is 3.92. The molecule has 0 fully saturated rings. The molecule has 0 amide bonds. The highest BCUT2D eigenvalue weighted by atomic mass is 32.2. The summed E-state index contributed by atoms with van der Waals surface area (Å²) in [5.41, 5.74) is 7.31. The van der Waals surface area contributed by atoms with Gasteiger partial charge >= 0.3 is 0 Å². The number of aryl methyl sites for hydroxylation is 3. The molecule has 2 aromatic rings. The molecule has 110 valence electrons. The number of rotatable bonds is 5. The summed E-state index contributed by atoms with van der Waals surface area (Å²) < 4.78 is 29.9. The zero-order valence-corrected chi connectivity index (χ0v) is 12.5. The van der Waals surface area contributed by atoms with Crippen molar-refractivity contribution in [1.29, 1.82) is 0 Å². The third-order valence-corrected chi connectivity index (χ3v) is 4.31. The number of hydrogen-bond donors (Lipinski definition) is 2. The van der Waals surface area contributed by atoms with Crippen LogP contribution in [0.2, 0.25) is 0 Å². The smallest absolute Gasteiger partial charge is 0.246 e. The molecule has 20 heavy (non-hydrogen) atoms. The van der Waals surface area contributed by atoms with Crippen LogP contribution in [0.3, 0.4) is 0 Å². The van der Waals surface area contributed by atoms with Crippen LogP contribution in [0.25, 0.3) is 0 Å². The van der Waals surface area contributed by atoms with E-state index in [1.165, 1.54) is 10.9 Å². The van der Waals surface area contributed by atoms with E-state index in [-0.39, 0.29) is 17.3 Å². The Morgan fingerprint density at radius 2 is 1.90 bits per heavy atom. The summed E-state index contributed by atoms with van der Waals surface area (Å²) >= 11 is 0. The zero-order valence-electron chi connectivity index (χ0n) is 11.7. The Kier molecular flexibility index (Phi) is 3.82. The summed E-state index contributed by atoms with van der Waals surface area (Å²) in [5.74, 6) is -0.0121. The van der Waals surface area contributed by atoms with Crippen LogP contribution in [0.15, 0.2) is 17.3 Å². The van der Waals surface area contributed by atoms with Crippen LogP contribution < -0.4 is 10.5 Å². The van der Waals surface area contributed by atoms with E-state index in [0.717, 1.165) is 17.7 Å². The number of sulfonamides is 1. The normalized spacial score (nSPS) is 11.9. The molecule has 0 aliphatic heterocycles. The second-order valence-corrected chi connectivity index (χ2v) is 6.24. The van der Waals surface area contributed by atoms with Crippen LogP contribution in [0, 0.1) is 0 Å². The molecule has 2 aromatic heterocycles. The van der Waals surface area contributed by atoms with Crippen LogP contribution in [0.1, 0.15) is 18.2 Å². The fraction of sp³-hybridized carbons (Fsp3) is 0.455. The molecule has 9 heteroatoms. The molecule has 0 aliphatic rings. The first kappa shape index (κ1) is 14.5. The van der Waals surface area contributed by atoms with Gasteiger partial charge in [-0.2, -0.15) is 10.2 Å². The maximum atomic E-state index is 12.2. The number of nitrogens with one attached hydrogen (secondary N) is 1. The highest BCUT2D eigenvalue weighted by molar-refractivity contribution is 7.89. The summed E-state index contributed by atoms with van der Waals surface area (Å²) in [4.78, 5) is -0.0121. The molecule has 0 aromatic carbocycles. The number of nitrogens with zero attached hydrogens (tertiary/aromatic N) is 4. The van der Waals surface area contributed by atoms with Crippen LogP contribution in [-0.4, -0.2) is 28.0 Å². The lowest BCUT2D eigenvalue weighted by Gasteiger charge is -2.05. The molecule has 0 radical (unpaired) electrons. The third kappa shape index (κ3) is 2.83. The maximum absolute atomic E-state index is 12.2. The van der Waals surface area contributed by atoms with Crippen LogP contribution >= 0.6 is 0 Å². The van der Waals surface area contributed by atoms with Crippen molar-refractivity contribution >= 4 is 15.8 Å². The van der Waals surface area contributed by atoms with E-state index in [1.54, 1.807) is 25.0 Å². The van der Waals surface area contributed by atoms with Gasteiger partial charge < -0.3 is 5.73 Å². The highest BCUT2D eigenvalue weighted by Crippen LogP contribution is 2.16. The van der Waals surface area contributed by atoms with Crippen molar-refractivity contribution in [3.8, 4) is 0 Å². The van der Waals surface area contributed by atoms with Gasteiger partial charge in [-0.05, 0) is 6.42 Å². The first-order chi connectivity index (χ1) is 9.33. The van der Waals surface area contributed by atoms with Gasteiger partial charge in [0, 0.05) is 38.6 Å². The van der Waals surface area contributed by atoms with Crippen molar-refractivity contribution in [2.24, 2.45) is 14.1 Å². The predicted octanol–water partition coefficient (Wildman–Crippen LogP) is -0.223. The number of nitrogen functional groups attached to an aromatic ring is 1. The molecule has 0 spiro atoms. The Bertz CT molecular complexity index is 715. The summed E-state index contributed by atoms with van der Waals surface area (Å²) in [5, 5.41) is 8.09. The molecule has 0 bridgehead atoms. The quantitative estimate of drug-likeness (QED) is 0.793. The Hall–Kier alpha value is -1.87. The first-order valence-corrected chi connectivity index (χ1v) is 7.62. The SMILES string of the molecule is CCc1nn(C)cc1CNS(=O)(=O)c1cn(C)nc1N. The Balaban J connectivity index is 2.19. The lowest BCUT2D eigenvalue weighted by Crippen LogP contribution is -2.24. The number of hydrogen-bond acceptors (Lipinski definition) is 5. The van der Waals surface area contributed by atoms with Gasteiger partial charge in [0.25, 0.3) is 0 Å². The maximum Gasteiger partial charge on any atom is 0.246 e. The molecule has 0 saturated carbocycles. The molecule has 8 nitrogen and oxygen atoms in total. The minimum absolute atomic E-state index is 0.0121. The standard InChI is InChI=1S/C11H18N6O2S/c1-4-9-8(6-16(2)14-9)5-13-20(18,19)10-7-17(3)15-11(10)12/h6-7,13H,4-5H2,1-3H3,(H2,12,15). The fourth-order valence-electron chi connectivity index (χ4n) is 1.97. The number of anilines is 1. The van der Waals surface area contributed by atoms with Crippen molar-refractivity contribution in [2.75, 3.05) is 5.73 Å². The summed E-state index contributed by atoms with van der Waals surface area (Å²) in [7, 11) is -0.261. The molecule has 2 rings (SSSR count). The minimum Gasteiger partial charge on any atom is -0.381 e. The largest absolute Gasteiger partial charge is 0.381 e. The molecule has 0 saturated heterocycles. The van der Waals surface area contributed by atoms with Gasteiger partial charge in [0.2, 0.25) is 10.0 Å². The van der Waals surface area contributed by atoms with E-state index < -0.39 is 10.0 Å². The van der Waals surface area contributed by atoms with Crippen LogP contribution in [-0.2, 0) is 37.1 Å². The van der Waals surface area contributed by atoms with E-state index in [2.05, 4.69) is 14.9 Å². The molecule has 0 aliphatic carbocycles. The van der Waals surface area contributed by atoms with Gasteiger partial charge in [-0.25, -0.2) is 13.1 Å². The third-order valence-electron chi connectivity index (χ3n) is 2.89. The predicted molar refractivity (Wildman–Crippen MR) is 74.2 cm³/mol. The van der Waals surface area contributed by atoms with Gasteiger partial charge in [0.1, 0.15) is 4.90 Å². The molecule has 3 N–H and O–H groups in total. The Morgan fingerprint density at radius 1 is 1.25 bits per heavy atom. The van der Waals surface area contributed by atoms with E-state index in [0.29, 0.717) is 0 Å². The lowest BCUT2D eigenvalue weighted by atomic mass is 10.2. The van der Waals surface area contributed by atoms with Gasteiger partial charge in [0.05, 0.1) is 5.69 Å². The number of aromatic nitrogens is 4. The first-order valence-electron chi connectivity index (χ1n) is 6.13. The molecule has 0 atom stereocenters. The van der Waals surface area contributed by atoms with E-state index in [1.807, 2.05) is 6.92 Å². The van der Waals surface area contributed by atoms with Crippen molar-refractivity contribution in [1.82, 2.24) is 24.3 Å². The summed E-state index contributed by atoms with van der Waals surface area (Å²) in [6, 6.07) is 0. The van der Waals surface area contributed by atoms with Gasteiger partial charge in [-0.15, -0.1) is 0 Å². The molecular formula is C11H18N6O2S. The van der Waals surface area contributed by atoms with Gasteiger partial charge in [-0.1, -0.05) is 6.92 Å². The fourth-order valence-corrected chi connectivity index (χ4v) is 3.08. The average Bonchev–Trinajstić information content (AvgIpc) is 2.89. The van der Waals surface area contributed by atoms with E-state index in [4.69, 9.17) is 5.73 Å². The minimum atomic E-state index is -3.68. The van der Waals surface area contributed by atoms with E-state index >= 15 is 0 Å². The lowest BCUT2D eigenvalue weighted by molar-refractivity contribution is 0.581. The second-order valence-electron chi connectivity index (χ2n) is 4.51. The Labute approximate surface area is 117 Å². The van der Waals surface area contributed by atoms with Crippen molar-refractivity contribution in [3.63, 3.8) is 0 Å². The zero-order chi connectivity index (χ0) is 14.9. The molecule has 0 unspecified atom stereocenters. The second kappa shape index (κ2) is 5.25. The monoisotopic (exact) mass is 298 g/mol. The molecular weight excluding hydrogens is 280 g/mol. The van der Waals surface area contributed by atoms with Crippen molar-refractivity contribution in [2.45, 2.75) is 24.8 Å². The van der Waals surface area contributed by atoms with Crippen LogP contribution in [0.4, 0.5) is 5.82 Å². The van der Waals surface area contributed by atoms with Gasteiger partial charge in [-0.3, -0.25) is 9.36 Å².